The normalized spacial score (nSPS) is 9.92. The summed E-state index contributed by atoms with van der Waals surface area (Å²) in [6.07, 6.45) is 1.87. The van der Waals surface area contributed by atoms with Gasteiger partial charge in [-0.2, -0.15) is 11.8 Å². The molecule has 1 aromatic heterocycles. The molecule has 0 saturated heterocycles. The predicted octanol–water partition coefficient (Wildman–Crippen LogP) is 1.56. The van der Waals surface area contributed by atoms with E-state index in [2.05, 4.69) is 0 Å². The molecule has 0 spiro atoms. The summed E-state index contributed by atoms with van der Waals surface area (Å²) in [6.45, 7) is 0. The number of amides is 1. The van der Waals surface area contributed by atoms with Gasteiger partial charge in [-0.3, -0.25) is 10.1 Å². The number of furan rings is 1. The molecule has 0 fully saturated rings. The van der Waals surface area contributed by atoms with Crippen LogP contribution in [0.4, 0.5) is 0 Å². The summed E-state index contributed by atoms with van der Waals surface area (Å²) in [7, 11) is 0. The summed E-state index contributed by atoms with van der Waals surface area (Å²) in [5.74, 6) is -0.246. The third kappa shape index (κ3) is 2.32. The van der Waals surface area contributed by atoms with Crippen LogP contribution in [-0.4, -0.2) is 17.1 Å². The highest BCUT2D eigenvalue weighted by atomic mass is 32.2. The lowest BCUT2D eigenvalue weighted by Crippen LogP contribution is -2.09. The maximum atomic E-state index is 10.8. The largest absolute Gasteiger partial charge is 0.511 e. The molecule has 0 bridgehead atoms. The van der Waals surface area contributed by atoms with Crippen LogP contribution >= 0.6 is 11.8 Å². The first-order chi connectivity index (χ1) is 6.15. The first kappa shape index (κ1) is 9.79. The average molecular weight is 201 g/mol. The van der Waals surface area contributed by atoms with Gasteiger partial charge in [-0.15, -0.1) is 0 Å². The monoisotopic (exact) mass is 201 g/mol. The molecule has 0 aromatic carbocycles. The number of carbonyl (C=O) groups is 1. The van der Waals surface area contributed by atoms with Crippen molar-refractivity contribution in [3.8, 4) is 0 Å². The van der Waals surface area contributed by atoms with Crippen molar-refractivity contribution in [3.05, 3.63) is 33.8 Å². The summed E-state index contributed by atoms with van der Waals surface area (Å²) in [5, 5.41) is 10.1. The van der Waals surface area contributed by atoms with Crippen molar-refractivity contribution < 1.29 is 14.1 Å². The van der Waals surface area contributed by atoms with E-state index >= 15 is 0 Å². The van der Waals surface area contributed by atoms with Crippen LogP contribution in [0.5, 0.6) is 0 Å². The van der Waals surface area contributed by atoms with E-state index in [-0.39, 0.29) is 5.76 Å². The van der Waals surface area contributed by atoms with E-state index < -0.39 is 10.8 Å². The third-order valence-corrected chi connectivity index (χ3v) is 1.90. The summed E-state index contributed by atoms with van der Waals surface area (Å²) in [6, 6.07) is 2.88. The van der Waals surface area contributed by atoms with Crippen molar-refractivity contribution in [1.82, 2.24) is 0 Å². The Morgan fingerprint density at radius 2 is 2.38 bits per heavy atom. The van der Waals surface area contributed by atoms with Crippen LogP contribution in [0.15, 0.2) is 16.5 Å². The Kier molecular flexibility index (Phi) is 3.07. The summed E-state index contributed by atoms with van der Waals surface area (Å²) in [5.41, 5.74) is 0. The molecule has 0 radical (unpaired) electrons. The molecule has 0 atom stereocenters. The fourth-order valence-electron chi connectivity index (χ4n) is 0.803. The zero-order chi connectivity index (χ0) is 9.84. The molecule has 1 aromatic rings. The van der Waals surface area contributed by atoms with Crippen molar-refractivity contribution in [1.29, 1.82) is 0 Å². The third-order valence-electron chi connectivity index (χ3n) is 1.32. The van der Waals surface area contributed by atoms with Crippen LogP contribution in [0.1, 0.15) is 16.3 Å². The molecule has 6 heteroatoms. The van der Waals surface area contributed by atoms with Gasteiger partial charge in [-0.25, -0.2) is 4.79 Å². The maximum absolute atomic E-state index is 10.8. The topological polar surface area (TPSA) is 73.3 Å². The van der Waals surface area contributed by atoms with Gasteiger partial charge in [0.25, 0.3) is 0 Å². The SMILES string of the molecule is CSCc1ccc(C(=O)[N+](=O)[O-])o1. The highest BCUT2D eigenvalue weighted by Crippen LogP contribution is 2.13. The summed E-state index contributed by atoms with van der Waals surface area (Å²) >= 11 is 1.51. The second-order valence-electron chi connectivity index (χ2n) is 2.26. The zero-order valence-corrected chi connectivity index (χ0v) is 7.67. The van der Waals surface area contributed by atoms with Crippen molar-refractivity contribution >= 4 is 17.7 Å². The molecule has 0 aliphatic carbocycles. The summed E-state index contributed by atoms with van der Waals surface area (Å²) < 4.78 is 4.94. The number of carbonyl (C=O) groups excluding carboxylic acids is 1. The molecule has 1 heterocycles. The van der Waals surface area contributed by atoms with Crippen LogP contribution in [0, 0.1) is 10.1 Å². The predicted molar refractivity (Wildman–Crippen MR) is 47.3 cm³/mol. The molecule has 70 valence electrons. The molecule has 13 heavy (non-hydrogen) atoms. The minimum absolute atomic E-state index is 0.214. The number of rotatable bonds is 3. The minimum Gasteiger partial charge on any atom is -0.450 e. The molecule has 0 saturated carbocycles. The van der Waals surface area contributed by atoms with Gasteiger partial charge in [0.1, 0.15) is 10.7 Å². The molecule has 0 aliphatic heterocycles. The number of hydrogen-bond acceptors (Lipinski definition) is 5. The highest BCUT2D eigenvalue weighted by Gasteiger charge is 2.22. The second kappa shape index (κ2) is 4.08. The lowest BCUT2D eigenvalue weighted by atomic mass is 10.4. The van der Waals surface area contributed by atoms with Crippen LogP contribution < -0.4 is 0 Å². The molecule has 0 unspecified atom stereocenters. The van der Waals surface area contributed by atoms with Gasteiger partial charge < -0.3 is 4.42 Å². The lowest BCUT2D eigenvalue weighted by Gasteiger charge is -1.89. The van der Waals surface area contributed by atoms with Crippen molar-refractivity contribution in [2.24, 2.45) is 0 Å². The fraction of sp³-hybridized carbons (Fsp3) is 0.286. The Hall–Kier alpha value is -1.30. The number of thioether (sulfide) groups is 1. The first-order valence-electron chi connectivity index (χ1n) is 3.41. The van der Waals surface area contributed by atoms with Gasteiger partial charge in [-0.05, 0) is 18.4 Å². The van der Waals surface area contributed by atoms with Gasteiger partial charge in [0.15, 0.2) is 0 Å². The van der Waals surface area contributed by atoms with Gasteiger partial charge >= 0.3 is 5.91 Å². The summed E-state index contributed by atoms with van der Waals surface area (Å²) in [4.78, 5) is 19.8. The van der Waals surface area contributed by atoms with Crippen molar-refractivity contribution in [2.45, 2.75) is 5.75 Å². The quantitative estimate of drug-likeness (QED) is 0.548. The van der Waals surface area contributed by atoms with Crippen LogP contribution in [-0.2, 0) is 5.75 Å². The van der Waals surface area contributed by atoms with Crippen LogP contribution in [0.25, 0.3) is 0 Å². The van der Waals surface area contributed by atoms with E-state index in [9.17, 15) is 14.9 Å². The van der Waals surface area contributed by atoms with Gasteiger partial charge in [0.2, 0.25) is 5.76 Å². The molecular weight excluding hydrogens is 194 g/mol. The Bertz CT molecular complexity index is 333. The average Bonchev–Trinajstić information content (AvgIpc) is 2.52. The lowest BCUT2D eigenvalue weighted by molar-refractivity contribution is -0.376. The van der Waals surface area contributed by atoms with E-state index in [1.54, 1.807) is 6.07 Å². The van der Waals surface area contributed by atoms with E-state index in [1.165, 1.54) is 17.8 Å². The van der Waals surface area contributed by atoms with Crippen molar-refractivity contribution in [2.75, 3.05) is 6.26 Å². The van der Waals surface area contributed by atoms with E-state index in [1.807, 2.05) is 6.26 Å². The Morgan fingerprint density at radius 1 is 1.69 bits per heavy atom. The molecule has 5 nitrogen and oxygen atoms in total. The molecular formula is C7H7NO4S. The Balaban J connectivity index is 2.79. The fourth-order valence-corrected chi connectivity index (χ4v) is 1.24. The van der Waals surface area contributed by atoms with E-state index in [4.69, 9.17) is 4.42 Å². The van der Waals surface area contributed by atoms with Gasteiger partial charge in [-0.1, -0.05) is 0 Å². The van der Waals surface area contributed by atoms with Gasteiger partial charge in [0, 0.05) is 0 Å². The molecule has 0 N–H and O–H groups in total. The minimum atomic E-state index is -1.20. The first-order valence-corrected chi connectivity index (χ1v) is 4.81. The number of nitrogens with zero attached hydrogens (tertiary/aromatic N) is 1. The Labute approximate surface area is 78.3 Å². The van der Waals surface area contributed by atoms with E-state index in [0.717, 1.165) is 0 Å². The maximum Gasteiger partial charge on any atom is 0.511 e. The van der Waals surface area contributed by atoms with Crippen LogP contribution in [0.3, 0.4) is 0 Å². The molecule has 1 rings (SSSR count). The van der Waals surface area contributed by atoms with E-state index in [0.29, 0.717) is 11.5 Å². The number of hydrogen-bond donors (Lipinski definition) is 0. The number of nitro groups is 1. The highest BCUT2D eigenvalue weighted by molar-refractivity contribution is 7.97. The smallest absolute Gasteiger partial charge is 0.450 e. The Morgan fingerprint density at radius 3 is 2.92 bits per heavy atom. The molecule has 0 aliphatic rings. The van der Waals surface area contributed by atoms with Crippen LogP contribution in [0.2, 0.25) is 0 Å². The second-order valence-corrected chi connectivity index (χ2v) is 3.13. The zero-order valence-electron chi connectivity index (χ0n) is 6.85. The van der Waals surface area contributed by atoms with Crippen molar-refractivity contribution in [3.63, 3.8) is 0 Å². The standard InChI is InChI=1S/C7H7NO4S/c1-13-4-5-2-3-6(12-5)7(9)8(10)11/h2-3H,4H2,1H3. The van der Waals surface area contributed by atoms with Gasteiger partial charge in [0.05, 0.1) is 5.75 Å². The molecule has 1 amide bonds.